The van der Waals surface area contributed by atoms with Crippen LogP contribution in [0.15, 0.2) is 57.9 Å². The van der Waals surface area contributed by atoms with Crippen LogP contribution >= 0.6 is 15.9 Å². The molecule has 30 heavy (non-hydrogen) atoms. The fraction of sp³-hybridized carbons (Fsp3) is 0.300. The summed E-state index contributed by atoms with van der Waals surface area (Å²) in [6.07, 6.45) is 1.04. The smallest absolute Gasteiger partial charge is 0.243 e. The first kappa shape index (κ1) is 22.4. The summed E-state index contributed by atoms with van der Waals surface area (Å²) in [5.74, 6) is -1.87. The molecule has 3 rings (SSSR count). The van der Waals surface area contributed by atoms with Crippen molar-refractivity contribution < 1.29 is 22.4 Å². The van der Waals surface area contributed by atoms with Crippen molar-refractivity contribution in [2.24, 2.45) is 5.92 Å². The molecule has 2 aromatic carbocycles. The normalized spacial score (nSPS) is 17.3. The molecule has 1 heterocycles. The number of hydrogen-bond donors (Lipinski definition) is 2. The summed E-state index contributed by atoms with van der Waals surface area (Å²) in [5, 5.41) is 0. The fourth-order valence-electron chi connectivity index (χ4n) is 3.20. The van der Waals surface area contributed by atoms with Crippen LogP contribution in [0.25, 0.3) is 0 Å². The van der Waals surface area contributed by atoms with Crippen molar-refractivity contribution in [3.05, 3.63) is 64.4 Å². The lowest BCUT2D eigenvalue weighted by atomic mass is 9.99. The monoisotopic (exact) mass is 497 g/mol. The highest BCUT2D eigenvalue weighted by Gasteiger charge is 2.33. The van der Waals surface area contributed by atoms with Crippen molar-refractivity contribution in [3.8, 4) is 0 Å². The first-order chi connectivity index (χ1) is 14.3. The fourth-order valence-corrected chi connectivity index (χ4v) is 4.98. The van der Waals surface area contributed by atoms with Gasteiger partial charge in [0.2, 0.25) is 21.8 Å². The lowest BCUT2D eigenvalue weighted by Crippen LogP contribution is -2.50. The number of hydrazine groups is 1. The molecule has 2 aromatic rings. The van der Waals surface area contributed by atoms with Crippen molar-refractivity contribution in [2.75, 3.05) is 13.1 Å². The molecular formula is C20H21BrFN3O4S. The lowest BCUT2D eigenvalue weighted by Gasteiger charge is -2.31. The van der Waals surface area contributed by atoms with Gasteiger partial charge in [0.15, 0.2) is 0 Å². The van der Waals surface area contributed by atoms with Crippen LogP contribution in [-0.2, 0) is 26.0 Å². The molecule has 1 aliphatic heterocycles. The standard InChI is InChI=1S/C20H21BrFN3O4S/c21-16-5-9-18(10-6-16)30(28,29)25-11-1-2-15(13-25)20(27)24-23-19(26)12-14-3-7-17(22)8-4-14/h3-10,15H,1-2,11-13H2,(H,23,26)(H,24,27). The molecule has 1 unspecified atom stereocenters. The number of amides is 2. The van der Waals surface area contributed by atoms with Gasteiger partial charge in [-0.3, -0.25) is 20.4 Å². The SMILES string of the molecule is O=C(Cc1ccc(F)cc1)NNC(=O)C1CCCN(S(=O)(=O)c2ccc(Br)cc2)C1. The minimum atomic E-state index is -3.71. The highest BCUT2D eigenvalue weighted by atomic mass is 79.9. The molecule has 0 saturated carbocycles. The van der Waals surface area contributed by atoms with Gasteiger partial charge in [0, 0.05) is 17.6 Å². The number of benzene rings is 2. The van der Waals surface area contributed by atoms with Gasteiger partial charge in [-0.15, -0.1) is 0 Å². The summed E-state index contributed by atoms with van der Waals surface area (Å²) < 4.78 is 40.7. The quantitative estimate of drug-likeness (QED) is 0.619. The Balaban J connectivity index is 1.55. The zero-order valence-corrected chi connectivity index (χ0v) is 18.4. The van der Waals surface area contributed by atoms with E-state index in [9.17, 15) is 22.4 Å². The van der Waals surface area contributed by atoms with Gasteiger partial charge in [-0.25, -0.2) is 12.8 Å². The number of rotatable bonds is 5. The van der Waals surface area contributed by atoms with Crippen molar-refractivity contribution in [1.29, 1.82) is 0 Å². The van der Waals surface area contributed by atoms with Crippen LogP contribution in [0.2, 0.25) is 0 Å². The van der Waals surface area contributed by atoms with Crippen LogP contribution in [0.3, 0.4) is 0 Å². The van der Waals surface area contributed by atoms with Crippen molar-refractivity contribution in [2.45, 2.75) is 24.2 Å². The average molecular weight is 498 g/mol. The zero-order chi connectivity index (χ0) is 21.7. The van der Waals surface area contributed by atoms with E-state index in [1.54, 1.807) is 12.1 Å². The van der Waals surface area contributed by atoms with Gasteiger partial charge in [0.1, 0.15) is 5.82 Å². The number of halogens is 2. The predicted molar refractivity (Wildman–Crippen MR) is 112 cm³/mol. The molecule has 7 nitrogen and oxygen atoms in total. The molecule has 1 atom stereocenters. The molecule has 2 N–H and O–H groups in total. The minimum Gasteiger partial charge on any atom is -0.273 e. The van der Waals surface area contributed by atoms with Crippen molar-refractivity contribution in [3.63, 3.8) is 0 Å². The highest BCUT2D eigenvalue weighted by molar-refractivity contribution is 9.10. The second kappa shape index (κ2) is 9.67. The molecule has 0 aliphatic carbocycles. The number of hydrogen-bond acceptors (Lipinski definition) is 4. The van der Waals surface area contributed by atoms with E-state index in [4.69, 9.17) is 0 Å². The van der Waals surface area contributed by atoms with E-state index < -0.39 is 33.6 Å². The molecule has 0 bridgehead atoms. The summed E-state index contributed by atoms with van der Waals surface area (Å²) in [4.78, 5) is 24.6. The number of nitrogens with zero attached hydrogens (tertiary/aromatic N) is 1. The van der Waals surface area contributed by atoms with Gasteiger partial charge in [-0.2, -0.15) is 4.31 Å². The van der Waals surface area contributed by atoms with Gasteiger partial charge in [0.25, 0.3) is 0 Å². The lowest BCUT2D eigenvalue weighted by molar-refractivity contribution is -0.131. The van der Waals surface area contributed by atoms with Crippen LogP contribution < -0.4 is 10.9 Å². The number of sulfonamides is 1. The van der Waals surface area contributed by atoms with Gasteiger partial charge < -0.3 is 0 Å². The maximum atomic E-state index is 12.9. The molecule has 0 radical (unpaired) electrons. The Morgan fingerprint density at radius 1 is 1.07 bits per heavy atom. The van der Waals surface area contributed by atoms with Crippen molar-refractivity contribution in [1.82, 2.24) is 15.2 Å². The highest BCUT2D eigenvalue weighted by Crippen LogP contribution is 2.24. The van der Waals surface area contributed by atoms with E-state index in [0.29, 0.717) is 24.9 Å². The van der Waals surface area contributed by atoms with Crippen LogP contribution in [0.4, 0.5) is 4.39 Å². The van der Waals surface area contributed by atoms with Crippen LogP contribution in [0.1, 0.15) is 18.4 Å². The van der Waals surface area contributed by atoms with Crippen LogP contribution in [0.5, 0.6) is 0 Å². The van der Waals surface area contributed by atoms with E-state index in [1.807, 2.05) is 0 Å². The first-order valence-corrected chi connectivity index (χ1v) is 11.6. The summed E-state index contributed by atoms with van der Waals surface area (Å²) in [7, 11) is -3.71. The Morgan fingerprint density at radius 3 is 2.40 bits per heavy atom. The second-order valence-electron chi connectivity index (χ2n) is 7.00. The molecular weight excluding hydrogens is 477 g/mol. The predicted octanol–water partition coefficient (Wildman–Crippen LogP) is 2.38. The maximum Gasteiger partial charge on any atom is 0.243 e. The molecule has 10 heteroatoms. The molecule has 1 fully saturated rings. The van der Waals surface area contributed by atoms with E-state index in [1.165, 1.54) is 40.7 Å². The topological polar surface area (TPSA) is 95.6 Å². The summed E-state index contributed by atoms with van der Waals surface area (Å²) >= 11 is 3.28. The average Bonchev–Trinajstić information content (AvgIpc) is 2.74. The Morgan fingerprint density at radius 2 is 1.73 bits per heavy atom. The number of carbonyl (C=O) groups excluding carboxylic acids is 2. The Kier molecular flexibility index (Phi) is 7.22. The van der Waals surface area contributed by atoms with Crippen LogP contribution in [0, 0.1) is 11.7 Å². The van der Waals surface area contributed by atoms with E-state index in [-0.39, 0.29) is 17.9 Å². The Hall–Kier alpha value is -2.30. The number of piperidine rings is 1. The van der Waals surface area contributed by atoms with E-state index in [2.05, 4.69) is 26.8 Å². The first-order valence-electron chi connectivity index (χ1n) is 9.34. The Labute approximate surface area is 182 Å². The van der Waals surface area contributed by atoms with Gasteiger partial charge in [-0.1, -0.05) is 28.1 Å². The summed E-state index contributed by atoms with van der Waals surface area (Å²) in [5.41, 5.74) is 5.30. The molecule has 2 amide bonds. The summed E-state index contributed by atoms with van der Waals surface area (Å²) in [6.45, 7) is 0.372. The molecule has 1 saturated heterocycles. The van der Waals surface area contributed by atoms with E-state index >= 15 is 0 Å². The third-order valence-corrected chi connectivity index (χ3v) is 7.22. The van der Waals surface area contributed by atoms with E-state index in [0.717, 1.165) is 4.47 Å². The molecule has 0 spiro atoms. The second-order valence-corrected chi connectivity index (χ2v) is 9.85. The number of carbonyl (C=O) groups is 2. The maximum absolute atomic E-state index is 12.9. The number of nitrogens with one attached hydrogen (secondary N) is 2. The molecule has 0 aromatic heterocycles. The Bertz CT molecular complexity index is 1010. The zero-order valence-electron chi connectivity index (χ0n) is 16.0. The van der Waals surface area contributed by atoms with Crippen molar-refractivity contribution >= 4 is 37.8 Å². The van der Waals surface area contributed by atoms with Gasteiger partial charge in [-0.05, 0) is 54.8 Å². The third-order valence-electron chi connectivity index (χ3n) is 4.81. The molecule has 160 valence electrons. The summed E-state index contributed by atoms with van der Waals surface area (Å²) in [6, 6.07) is 11.8. The van der Waals surface area contributed by atoms with Gasteiger partial charge in [0.05, 0.1) is 17.2 Å². The largest absolute Gasteiger partial charge is 0.273 e. The van der Waals surface area contributed by atoms with Crippen LogP contribution in [-0.4, -0.2) is 37.6 Å². The van der Waals surface area contributed by atoms with Gasteiger partial charge >= 0.3 is 0 Å². The molecule has 1 aliphatic rings. The minimum absolute atomic E-state index is 0.0186. The third kappa shape index (κ3) is 5.65.